The van der Waals surface area contributed by atoms with Gasteiger partial charge in [-0.05, 0) is 36.8 Å². The van der Waals surface area contributed by atoms with Crippen molar-refractivity contribution < 1.29 is 14.3 Å². The number of nitrogens with zero attached hydrogens (tertiary/aromatic N) is 3. The van der Waals surface area contributed by atoms with Gasteiger partial charge in [0.1, 0.15) is 6.07 Å². The third-order valence-corrected chi connectivity index (χ3v) is 4.84. The zero-order chi connectivity index (χ0) is 19.4. The second-order valence-electron chi connectivity index (χ2n) is 6.14. The highest BCUT2D eigenvalue weighted by molar-refractivity contribution is 6.32. The second kappa shape index (κ2) is 8.11. The van der Waals surface area contributed by atoms with Crippen LogP contribution in [0.4, 0.5) is 16.2 Å². The van der Waals surface area contributed by atoms with Gasteiger partial charge in [0.25, 0.3) is 0 Å². The van der Waals surface area contributed by atoms with Gasteiger partial charge in [-0.15, -0.1) is 0 Å². The lowest BCUT2D eigenvalue weighted by atomic mass is 10.1. The van der Waals surface area contributed by atoms with Crippen molar-refractivity contribution in [2.24, 2.45) is 0 Å². The minimum atomic E-state index is -0.310. The Bertz CT molecular complexity index is 895. The number of urea groups is 1. The first-order chi connectivity index (χ1) is 13.0. The van der Waals surface area contributed by atoms with Crippen molar-refractivity contribution in [1.82, 2.24) is 0 Å². The number of para-hydroxylation sites is 1. The molecule has 1 aliphatic rings. The standard InChI is InChI=1S/C20H18ClN3O3/c1-27-19(25)10-9-17-13-23(16-8-7-14(12-22)18(21)11-16)20(26)24(17)15-5-3-2-4-6-15/h2-8,11,17H,9-10,13H2,1H3. The summed E-state index contributed by atoms with van der Waals surface area (Å²) in [5, 5.41) is 9.34. The SMILES string of the molecule is COC(=O)CCC1CN(c2ccc(C#N)c(Cl)c2)C(=O)N1c1ccccc1. The molecule has 138 valence electrons. The number of benzene rings is 2. The molecule has 2 aromatic rings. The highest BCUT2D eigenvalue weighted by Gasteiger charge is 2.39. The summed E-state index contributed by atoms with van der Waals surface area (Å²) in [5.74, 6) is -0.310. The van der Waals surface area contributed by atoms with Crippen LogP contribution < -0.4 is 9.80 Å². The van der Waals surface area contributed by atoms with Gasteiger partial charge in [-0.2, -0.15) is 5.26 Å². The highest BCUT2D eigenvalue weighted by Crippen LogP contribution is 2.32. The van der Waals surface area contributed by atoms with E-state index in [9.17, 15) is 9.59 Å². The molecule has 0 saturated carbocycles. The molecule has 0 N–H and O–H groups in total. The van der Waals surface area contributed by atoms with E-state index in [2.05, 4.69) is 0 Å². The molecule has 7 heteroatoms. The van der Waals surface area contributed by atoms with E-state index in [0.29, 0.717) is 29.2 Å². The topological polar surface area (TPSA) is 73.6 Å². The number of methoxy groups -OCH3 is 1. The minimum Gasteiger partial charge on any atom is -0.469 e. The molecular weight excluding hydrogens is 366 g/mol. The summed E-state index contributed by atoms with van der Waals surface area (Å²) in [5.41, 5.74) is 1.74. The summed E-state index contributed by atoms with van der Waals surface area (Å²) in [6.45, 7) is 0.410. The maximum Gasteiger partial charge on any atom is 0.329 e. The van der Waals surface area contributed by atoms with Gasteiger partial charge in [-0.3, -0.25) is 14.6 Å². The van der Waals surface area contributed by atoms with Crippen molar-refractivity contribution in [2.75, 3.05) is 23.5 Å². The first-order valence-electron chi connectivity index (χ1n) is 8.47. The van der Waals surface area contributed by atoms with Crippen molar-refractivity contribution in [3.63, 3.8) is 0 Å². The van der Waals surface area contributed by atoms with Crippen molar-refractivity contribution in [1.29, 1.82) is 5.26 Å². The lowest BCUT2D eigenvalue weighted by Gasteiger charge is -2.23. The summed E-state index contributed by atoms with van der Waals surface area (Å²) in [6, 6.07) is 15.9. The van der Waals surface area contributed by atoms with Crippen LogP contribution in [-0.2, 0) is 9.53 Å². The van der Waals surface area contributed by atoms with Gasteiger partial charge in [0.15, 0.2) is 0 Å². The fraction of sp³-hybridized carbons (Fsp3) is 0.250. The van der Waals surface area contributed by atoms with E-state index in [4.69, 9.17) is 21.6 Å². The number of carbonyl (C=O) groups is 2. The summed E-state index contributed by atoms with van der Waals surface area (Å²) < 4.78 is 4.73. The van der Waals surface area contributed by atoms with Crippen molar-refractivity contribution in [2.45, 2.75) is 18.9 Å². The van der Waals surface area contributed by atoms with Crippen molar-refractivity contribution in [3.05, 3.63) is 59.1 Å². The molecule has 6 nitrogen and oxygen atoms in total. The second-order valence-corrected chi connectivity index (χ2v) is 6.55. The molecule has 0 spiro atoms. The Morgan fingerprint density at radius 1 is 1.26 bits per heavy atom. The largest absolute Gasteiger partial charge is 0.469 e. The number of esters is 1. The Balaban J connectivity index is 1.91. The van der Waals surface area contributed by atoms with E-state index in [1.807, 2.05) is 36.4 Å². The third-order valence-electron chi connectivity index (χ3n) is 4.52. The van der Waals surface area contributed by atoms with E-state index in [1.54, 1.807) is 28.0 Å². The Kier molecular flexibility index (Phi) is 5.63. The van der Waals surface area contributed by atoms with Gasteiger partial charge in [-0.1, -0.05) is 29.8 Å². The Hall–Kier alpha value is -3.04. The molecule has 1 heterocycles. The average Bonchev–Trinajstić information content (AvgIpc) is 3.02. The molecule has 0 aliphatic carbocycles. The van der Waals surface area contributed by atoms with E-state index in [0.717, 1.165) is 5.69 Å². The number of amides is 2. The fourth-order valence-electron chi connectivity index (χ4n) is 3.15. The van der Waals surface area contributed by atoms with Crippen LogP contribution in [0.2, 0.25) is 5.02 Å². The van der Waals surface area contributed by atoms with Crippen LogP contribution in [0.1, 0.15) is 18.4 Å². The van der Waals surface area contributed by atoms with Gasteiger partial charge in [0.05, 0.1) is 23.7 Å². The lowest BCUT2D eigenvalue weighted by molar-refractivity contribution is -0.140. The molecule has 1 atom stereocenters. The van der Waals surface area contributed by atoms with Gasteiger partial charge < -0.3 is 4.74 Å². The smallest absolute Gasteiger partial charge is 0.329 e. The van der Waals surface area contributed by atoms with Crippen LogP contribution in [-0.4, -0.2) is 31.7 Å². The van der Waals surface area contributed by atoms with Gasteiger partial charge in [0.2, 0.25) is 0 Å². The minimum absolute atomic E-state index is 0.187. The fourth-order valence-corrected chi connectivity index (χ4v) is 3.37. The summed E-state index contributed by atoms with van der Waals surface area (Å²) in [6.07, 6.45) is 0.702. The normalized spacial score (nSPS) is 16.3. The predicted octanol–water partition coefficient (Wildman–Crippen LogP) is 3.98. The molecule has 0 aromatic heterocycles. The number of nitriles is 1. The van der Waals surface area contributed by atoms with E-state index >= 15 is 0 Å². The van der Waals surface area contributed by atoms with Gasteiger partial charge in [0, 0.05) is 24.3 Å². The Morgan fingerprint density at radius 3 is 2.63 bits per heavy atom. The predicted molar refractivity (Wildman–Crippen MR) is 103 cm³/mol. The molecule has 1 unspecified atom stereocenters. The van der Waals surface area contributed by atoms with Crippen LogP contribution >= 0.6 is 11.6 Å². The van der Waals surface area contributed by atoms with Crippen molar-refractivity contribution in [3.8, 4) is 6.07 Å². The molecule has 1 aliphatic heterocycles. The van der Waals surface area contributed by atoms with Crippen LogP contribution in [0.5, 0.6) is 0 Å². The maximum atomic E-state index is 13.1. The molecule has 3 rings (SSSR count). The Morgan fingerprint density at radius 2 is 2.00 bits per heavy atom. The number of ether oxygens (including phenoxy) is 1. The number of hydrogen-bond acceptors (Lipinski definition) is 4. The summed E-state index contributed by atoms with van der Waals surface area (Å²) in [4.78, 5) is 28.0. The summed E-state index contributed by atoms with van der Waals surface area (Å²) in [7, 11) is 1.35. The van der Waals surface area contributed by atoms with Gasteiger partial charge in [-0.25, -0.2) is 4.79 Å². The Labute approximate surface area is 162 Å². The van der Waals surface area contributed by atoms with Crippen LogP contribution in [0, 0.1) is 11.3 Å². The monoisotopic (exact) mass is 383 g/mol. The van der Waals surface area contributed by atoms with Crippen LogP contribution in [0.3, 0.4) is 0 Å². The molecule has 1 saturated heterocycles. The van der Waals surface area contributed by atoms with Gasteiger partial charge >= 0.3 is 12.0 Å². The van der Waals surface area contributed by atoms with Crippen LogP contribution in [0.25, 0.3) is 0 Å². The molecule has 27 heavy (non-hydrogen) atoms. The lowest BCUT2D eigenvalue weighted by Crippen LogP contribution is -2.35. The molecule has 0 bridgehead atoms. The number of anilines is 2. The first kappa shape index (κ1) is 18.7. The first-order valence-corrected chi connectivity index (χ1v) is 8.85. The zero-order valence-electron chi connectivity index (χ0n) is 14.8. The quantitative estimate of drug-likeness (QED) is 0.732. The average molecular weight is 384 g/mol. The molecular formula is C20H18ClN3O3. The zero-order valence-corrected chi connectivity index (χ0v) is 15.5. The molecule has 1 fully saturated rings. The summed E-state index contributed by atoms with van der Waals surface area (Å²) >= 11 is 6.13. The van der Waals surface area contributed by atoms with Crippen LogP contribution in [0.15, 0.2) is 48.5 Å². The van der Waals surface area contributed by atoms with Crippen molar-refractivity contribution >= 4 is 35.0 Å². The molecule has 0 radical (unpaired) electrons. The number of halogens is 1. The highest BCUT2D eigenvalue weighted by atomic mass is 35.5. The number of rotatable bonds is 5. The number of carbonyl (C=O) groups excluding carboxylic acids is 2. The maximum absolute atomic E-state index is 13.1. The van der Waals surface area contributed by atoms with E-state index in [1.165, 1.54) is 7.11 Å². The molecule has 2 amide bonds. The molecule has 2 aromatic carbocycles. The number of hydrogen-bond donors (Lipinski definition) is 0. The third kappa shape index (κ3) is 3.88. The van der Waals surface area contributed by atoms with E-state index < -0.39 is 0 Å². The van der Waals surface area contributed by atoms with E-state index in [-0.39, 0.29) is 24.5 Å².